The highest BCUT2D eigenvalue weighted by molar-refractivity contribution is 5.77. The quantitative estimate of drug-likeness (QED) is 0.831. The second-order valence-corrected chi connectivity index (χ2v) is 6.14. The zero-order valence-corrected chi connectivity index (χ0v) is 14.1. The Kier molecular flexibility index (Phi) is 4.99. The molecule has 126 valence electrons. The molecule has 0 bridgehead atoms. The van der Waals surface area contributed by atoms with E-state index in [4.69, 9.17) is 4.74 Å². The highest BCUT2D eigenvalue weighted by atomic mass is 16.5. The smallest absolute Gasteiger partial charge is 0.221 e. The molecule has 1 aliphatic rings. The van der Waals surface area contributed by atoms with E-state index in [9.17, 15) is 4.79 Å². The largest absolute Gasteiger partial charge is 0.497 e. The van der Waals surface area contributed by atoms with Crippen molar-refractivity contribution in [2.24, 2.45) is 13.0 Å². The Bertz CT molecular complexity index is 718. The lowest BCUT2D eigenvalue weighted by Gasteiger charge is -2.20. The predicted octanol–water partition coefficient (Wildman–Crippen LogP) is 2.99. The third-order valence-corrected chi connectivity index (χ3v) is 4.43. The number of benzene rings is 1. The first-order chi connectivity index (χ1) is 11.7. The summed E-state index contributed by atoms with van der Waals surface area (Å²) in [5, 5.41) is 3.14. The second kappa shape index (κ2) is 7.34. The minimum Gasteiger partial charge on any atom is -0.497 e. The van der Waals surface area contributed by atoms with E-state index in [-0.39, 0.29) is 11.9 Å². The molecule has 0 spiro atoms. The lowest BCUT2D eigenvalue weighted by molar-refractivity contribution is -0.122. The maximum absolute atomic E-state index is 12.5. The van der Waals surface area contributed by atoms with Gasteiger partial charge in [0.2, 0.25) is 5.91 Å². The number of rotatable bonds is 6. The summed E-state index contributed by atoms with van der Waals surface area (Å²) >= 11 is 0. The van der Waals surface area contributed by atoms with Crippen molar-refractivity contribution in [2.45, 2.75) is 25.3 Å². The molecule has 1 aromatic carbocycles. The van der Waals surface area contributed by atoms with Crippen LogP contribution in [0.25, 0.3) is 0 Å². The van der Waals surface area contributed by atoms with Crippen LogP contribution in [0.4, 0.5) is 0 Å². The summed E-state index contributed by atoms with van der Waals surface area (Å²) in [5.41, 5.74) is 0.986. The second-order valence-electron chi connectivity index (χ2n) is 6.14. The van der Waals surface area contributed by atoms with E-state index in [2.05, 4.69) is 22.5 Å². The molecular weight excluding hydrogens is 302 g/mol. The molecule has 1 heterocycles. The average molecular weight is 325 g/mol. The Labute approximate surface area is 142 Å². The van der Waals surface area contributed by atoms with E-state index in [1.807, 2.05) is 42.1 Å². The van der Waals surface area contributed by atoms with Crippen molar-refractivity contribution in [3.63, 3.8) is 0 Å². The SMILES string of the molecule is COc1ccc(C(NC(=O)CC2C=CCC2)c2nccn2C)cc1. The standard InChI is InChI=1S/C19H23N3O2/c1-22-12-11-20-19(22)18(15-7-9-16(24-2)10-8-15)21-17(23)13-14-5-3-4-6-14/h3,5,7-12,14,18H,4,6,13H2,1-2H3,(H,21,23). The number of nitrogens with zero attached hydrogens (tertiary/aromatic N) is 2. The Morgan fingerprint density at radius 3 is 2.79 bits per heavy atom. The number of carbonyl (C=O) groups excluding carboxylic acids is 1. The van der Waals surface area contributed by atoms with Gasteiger partial charge < -0.3 is 14.6 Å². The summed E-state index contributed by atoms with van der Waals surface area (Å²) in [4.78, 5) is 16.9. The molecule has 0 radical (unpaired) electrons. The number of aromatic nitrogens is 2. The molecule has 0 aliphatic heterocycles. The third kappa shape index (κ3) is 3.67. The minimum absolute atomic E-state index is 0.0513. The lowest BCUT2D eigenvalue weighted by Crippen LogP contribution is -2.32. The van der Waals surface area contributed by atoms with Crippen LogP contribution in [0.5, 0.6) is 5.75 Å². The molecule has 2 atom stereocenters. The maximum atomic E-state index is 12.5. The van der Waals surface area contributed by atoms with Gasteiger partial charge >= 0.3 is 0 Å². The first kappa shape index (κ1) is 16.3. The van der Waals surface area contributed by atoms with Gasteiger partial charge in [-0.1, -0.05) is 24.3 Å². The molecule has 0 fully saturated rings. The highest BCUT2D eigenvalue weighted by Gasteiger charge is 2.22. The molecule has 0 saturated heterocycles. The number of carbonyl (C=O) groups is 1. The summed E-state index contributed by atoms with van der Waals surface area (Å²) in [6, 6.07) is 7.46. The van der Waals surface area contributed by atoms with Crippen LogP contribution in [0.15, 0.2) is 48.8 Å². The van der Waals surface area contributed by atoms with Crippen molar-refractivity contribution in [1.82, 2.24) is 14.9 Å². The van der Waals surface area contributed by atoms with Gasteiger partial charge in [0.1, 0.15) is 17.6 Å². The Hall–Kier alpha value is -2.56. The fourth-order valence-electron chi connectivity index (χ4n) is 3.07. The van der Waals surface area contributed by atoms with E-state index in [1.54, 1.807) is 13.3 Å². The predicted molar refractivity (Wildman–Crippen MR) is 92.7 cm³/mol. The van der Waals surface area contributed by atoms with Gasteiger partial charge in [-0.05, 0) is 36.5 Å². The zero-order chi connectivity index (χ0) is 16.9. The maximum Gasteiger partial charge on any atom is 0.221 e. The molecule has 5 heteroatoms. The summed E-state index contributed by atoms with van der Waals surface area (Å²) in [7, 11) is 3.58. The fourth-order valence-corrected chi connectivity index (χ4v) is 3.07. The van der Waals surface area contributed by atoms with E-state index in [0.717, 1.165) is 30.0 Å². The highest BCUT2D eigenvalue weighted by Crippen LogP contribution is 2.25. The van der Waals surface area contributed by atoms with Crippen molar-refractivity contribution in [2.75, 3.05) is 7.11 Å². The molecular formula is C19H23N3O2. The van der Waals surface area contributed by atoms with Gasteiger partial charge in [-0.2, -0.15) is 0 Å². The Morgan fingerprint density at radius 1 is 1.42 bits per heavy atom. The molecule has 0 saturated carbocycles. The van der Waals surface area contributed by atoms with Gasteiger partial charge in [-0.15, -0.1) is 0 Å². The van der Waals surface area contributed by atoms with Gasteiger partial charge in [0.25, 0.3) is 0 Å². The van der Waals surface area contributed by atoms with Crippen molar-refractivity contribution in [1.29, 1.82) is 0 Å². The normalized spacial score (nSPS) is 17.7. The van der Waals surface area contributed by atoms with Crippen LogP contribution in [0.1, 0.15) is 36.7 Å². The van der Waals surface area contributed by atoms with Crippen molar-refractivity contribution in [3.8, 4) is 5.75 Å². The number of imidazole rings is 1. The van der Waals surface area contributed by atoms with Crippen molar-refractivity contribution >= 4 is 5.91 Å². The molecule has 1 aliphatic carbocycles. The van der Waals surface area contributed by atoms with Gasteiger partial charge in [0, 0.05) is 25.9 Å². The van der Waals surface area contributed by atoms with Crippen LogP contribution >= 0.6 is 0 Å². The fraction of sp³-hybridized carbons (Fsp3) is 0.368. The topological polar surface area (TPSA) is 56.1 Å². The number of amides is 1. The monoisotopic (exact) mass is 325 g/mol. The molecule has 3 rings (SSSR count). The molecule has 1 N–H and O–H groups in total. The number of ether oxygens (including phenoxy) is 1. The van der Waals surface area contributed by atoms with Gasteiger partial charge in [0.05, 0.1) is 7.11 Å². The van der Waals surface area contributed by atoms with Crippen LogP contribution in [-0.2, 0) is 11.8 Å². The lowest BCUT2D eigenvalue weighted by atomic mass is 10.0. The van der Waals surface area contributed by atoms with E-state index in [0.29, 0.717) is 12.3 Å². The number of allylic oxidation sites excluding steroid dienone is 2. The van der Waals surface area contributed by atoms with Gasteiger partial charge in [-0.3, -0.25) is 4.79 Å². The molecule has 1 aromatic heterocycles. The van der Waals surface area contributed by atoms with Crippen molar-refractivity contribution < 1.29 is 9.53 Å². The molecule has 2 unspecified atom stereocenters. The minimum atomic E-state index is -0.270. The van der Waals surface area contributed by atoms with Crippen LogP contribution in [0, 0.1) is 5.92 Å². The Balaban J connectivity index is 1.80. The summed E-state index contributed by atoms with van der Waals surface area (Å²) in [6.07, 6.45) is 10.6. The molecule has 24 heavy (non-hydrogen) atoms. The summed E-state index contributed by atoms with van der Waals surface area (Å²) < 4.78 is 7.15. The van der Waals surface area contributed by atoms with E-state index < -0.39 is 0 Å². The van der Waals surface area contributed by atoms with E-state index >= 15 is 0 Å². The molecule has 5 nitrogen and oxygen atoms in total. The van der Waals surface area contributed by atoms with Crippen LogP contribution in [0.2, 0.25) is 0 Å². The van der Waals surface area contributed by atoms with Crippen LogP contribution in [-0.4, -0.2) is 22.6 Å². The summed E-state index contributed by atoms with van der Waals surface area (Å²) in [5.74, 6) is 2.01. The average Bonchev–Trinajstić information content (AvgIpc) is 3.24. The number of hydrogen-bond acceptors (Lipinski definition) is 3. The van der Waals surface area contributed by atoms with Gasteiger partial charge in [0.15, 0.2) is 0 Å². The first-order valence-electron chi connectivity index (χ1n) is 8.24. The summed E-state index contributed by atoms with van der Waals surface area (Å²) in [6.45, 7) is 0. The zero-order valence-electron chi connectivity index (χ0n) is 14.1. The first-order valence-corrected chi connectivity index (χ1v) is 8.24. The molecule has 2 aromatic rings. The number of hydrogen-bond donors (Lipinski definition) is 1. The van der Waals surface area contributed by atoms with E-state index in [1.165, 1.54) is 0 Å². The van der Waals surface area contributed by atoms with Crippen LogP contribution < -0.4 is 10.1 Å². The van der Waals surface area contributed by atoms with Gasteiger partial charge in [-0.25, -0.2) is 4.98 Å². The Morgan fingerprint density at radius 2 is 2.21 bits per heavy atom. The van der Waals surface area contributed by atoms with Crippen LogP contribution in [0.3, 0.4) is 0 Å². The number of nitrogens with one attached hydrogen (secondary N) is 1. The number of methoxy groups -OCH3 is 1. The third-order valence-electron chi connectivity index (χ3n) is 4.43. The number of aryl methyl sites for hydroxylation is 1. The molecule has 1 amide bonds. The van der Waals surface area contributed by atoms with Crippen molar-refractivity contribution in [3.05, 3.63) is 60.2 Å².